The molecule has 1 amide bonds. The first-order valence-corrected chi connectivity index (χ1v) is 4.84. The van der Waals surface area contributed by atoms with E-state index in [9.17, 15) is 4.79 Å². The normalized spacial score (nSPS) is 16.3. The Morgan fingerprint density at radius 3 is 3.07 bits per heavy atom. The van der Waals surface area contributed by atoms with Crippen molar-refractivity contribution in [3.63, 3.8) is 0 Å². The highest BCUT2D eigenvalue weighted by Crippen LogP contribution is 2.07. The van der Waals surface area contributed by atoms with E-state index in [1.54, 1.807) is 6.26 Å². The summed E-state index contributed by atoms with van der Waals surface area (Å²) >= 11 is 0. The molecule has 76 valence electrons. The fourth-order valence-corrected chi connectivity index (χ4v) is 1.43. The third-order valence-electron chi connectivity index (χ3n) is 2.38. The zero-order valence-electron chi connectivity index (χ0n) is 7.95. The summed E-state index contributed by atoms with van der Waals surface area (Å²) in [6.07, 6.45) is 2.23. The van der Waals surface area contributed by atoms with Gasteiger partial charge in [0.05, 0.1) is 12.8 Å². The van der Waals surface area contributed by atoms with E-state index in [1.807, 2.05) is 12.1 Å². The van der Waals surface area contributed by atoms with Crippen LogP contribution in [0.25, 0.3) is 0 Å². The van der Waals surface area contributed by atoms with Gasteiger partial charge >= 0.3 is 0 Å². The van der Waals surface area contributed by atoms with Crippen LogP contribution < -0.4 is 10.6 Å². The molecule has 0 bridgehead atoms. The number of rotatable bonds is 4. The fraction of sp³-hybridized carbons (Fsp3) is 0.500. The number of hydrogen-bond acceptors (Lipinski definition) is 3. The van der Waals surface area contributed by atoms with E-state index in [-0.39, 0.29) is 5.91 Å². The summed E-state index contributed by atoms with van der Waals surface area (Å²) in [5.74, 6) is 1.42. The summed E-state index contributed by atoms with van der Waals surface area (Å²) in [7, 11) is 0. The highest BCUT2D eigenvalue weighted by molar-refractivity contribution is 5.76. The molecular weight excluding hydrogens is 180 g/mol. The quantitative estimate of drug-likeness (QED) is 0.734. The van der Waals surface area contributed by atoms with Crippen LogP contribution in [-0.4, -0.2) is 19.0 Å². The third-order valence-corrected chi connectivity index (χ3v) is 2.38. The van der Waals surface area contributed by atoms with Crippen molar-refractivity contribution in [3.05, 3.63) is 24.2 Å². The van der Waals surface area contributed by atoms with Crippen molar-refractivity contribution in [3.8, 4) is 0 Å². The molecular formula is C10H14N2O2. The molecule has 1 fully saturated rings. The molecule has 0 aromatic carbocycles. The predicted octanol–water partition coefficient (Wildman–Crippen LogP) is 0.505. The van der Waals surface area contributed by atoms with E-state index >= 15 is 0 Å². The topological polar surface area (TPSA) is 54.3 Å². The Hall–Kier alpha value is -1.29. The van der Waals surface area contributed by atoms with Crippen molar-refractivity contribution in [2.75, 3.05) is 13.1 Å². The van der Waals surface area contributed by atoms with Crippen LogP contribution in [0, 0.1) is 5.92 Å². The van der Waals surface area contributed by atoms with E-state index in [0.717, 1.165) is 18.8 Å². The zero-order valence-corrected chi connectivity index (χ0v) is 7.95. The van der Waals surface area contributed by atoms with Gasteiger partial charge in [0.25, 0.3) is 0 Å². The summed E-state index contributed by atoms with van der Waals surface area (Å²) in [5.41, 5.74) is 0. The van der Waals surface area contributed by atoms with Gasteiger partial charge in [-0.05, 0) is 31.1 Å². The predicted molar refractivity (Wildman–Crippen MR) is 51.5 cm³/mol. The highest BCUT2D eigenvalue weighted by atomic mass is 16.3. The number of carbonyl (C=O) groups is 1. The lowest BCUT2D eigenvalue weighted by Crippen LogP contribution is -2.44. The number of nitrogens with one attached hydrogen (secondary N) is 2. The van der Waals surface area contributed by atoms with Gasteiger partial charge in [0.2, 0.25) is 5.91 Å². The maximum absolute atomic E-state index is 11.4. The van der Waals surface area contributed by atoms with Gasteiger partial charge in [-0.3, -0.25) is 4.79 Å². The van der Waals surface area contributed by atoms with Crippen LogP contribution in [0.15, 0.2) is 22.8 Å². The van der Waals surface area contributed by atoms with Crippen molar-refractivity contribution < 1.29 is 9.21 Å². The molecule has 1 aliphatic rings. The summed E-state index contributed by atoms with van der Waals surface area (Å²) in [4.78, 5) is 11.4. The van der Waals surface area contributed by atoms with Gasteiger partial charge in [0.15, 0.2) is 0 Å². The summed E-state index contributed by atoms with van der Waals surface area (Å²) < 4.78 is 5.10. The molecule has 2 N–H and O–H groups in total. The Labute approximate surface area is 82.7 Å². The van der Waals surface area contributed by atoms with Crippen LogP contribution in [0.5, 0.6) is 0 Å². The first-order valence-electron chi connectivity index (χ1n) is 4.84. The summed E-state index contributed by atoms with van der Waals surface area (Å²) in [5, 5.41) is 5.96. The molecule has 14 heavy (non-hydrogen) atoms. The molecule has 2 heterocycles. The molecule has 0 atom stereocenters. The maximum atomic E-state index is 11.4. The van der Waals surface area contributed by atoms with Crippen molar-refractivity contribution in [2.45, 2.75) is 13.0 Å². The molecule has 1 aromatic rings. The Bertz CT molecular complexity index is 291. The molecule has 0 spiro atoms. The molecule has 1 aromatic heterocycles. The first kappa shape index (κ1) is 9.27. The van der Waals surface area contributed by atoms with E-state index in [0.29, 0.717) is 18.9 Å². The molecule has 1 saturated heterocycles. The van der Waals surface area contributed by atoms with Crippen molar-refractivity contribution in [1.82, 2.24) is 10.6 Å². The van der Waals surface area contributed by atoms with Gasteiger partial charge < -0.3 is 15.1 Å². The Balaban J connectivity index is 1.67. The van der Waals surface area contributed by atoms with Crippen LogP contribution in [0.4, 0.5) is 0 Å². The lowest BCUT2D eigenvalue weighted by atomic mass is 9.99. The molecule has 4 nitrogen and oxygen atoms in total. The second-order valence-electron chi connectivity index (χ2n) is 3.58. The minimum Gasteiger partial charge on any atom is -0.467 e. The first-order chi connectivity index (χ1) is 6.84. The van der Waals surface area contributed by atoms with E-state index in [1.165, 1.54) is 0 Å². The second kappa shape index (κ2) is 4.28. The number of hydrogen-bond donors (Lipinski definition) is 2. The van der Waals surface area contributed by atoms with Crippen molar-refractivity contribution >= 4 is 5.91 Å². The van der Waals surface area contributed by atoms with E-state index in [4.69, 9.17) is 4.42 Å². The van der Waals surface area contributed by atoms with Crippen LogP contribution in [0.1, 0.15) is 12.2 Å². The van der Waals surface area contributed by atoms with E-state index < -0.39 is 0 Å². The van der Waals surface area contributed by atoms with Gasteiger partial charge in [0, 0.05) is 6.42 Å². The van der Waals surface area contributed by atoms with Gasteiger partial charge in [-0.1, -0.05) is 0 Å². The minimum absolute atomic E-state index is 0.105. The monoisotopic (exact) mass is 194 g/mol. The van der Waals surface area contributed by atoms with Gasteiger partial charge in [-0.2, -0.15) is 0 Å². The third kappa shape index (κ3) is 2.35. The van der Waals surface area contributed by atoms with Crippen molar-refractivity contribution in [1.29, 1.82) is 0 Å². The zero-order chi connectivity index (χ0) is 9.80. The Morgan fingerprint density at radius 2 is 2.50 bits per heavy atom. The molecule has 1 aliphatic heterocycles. The summed E-state index contributed by atoms with van der Waals surface area (Å²) in [6, 6.07) is 3.67. The largest absolute Gasteiger partial charge is 0.467 e. The van der Waals surface area contributed by atoms with Gasteiger partial charge in [-0.15, -0.1) is 0 Å². The lowest BCUT2D eigenvalue weighted by Gasteiger charge is -2.26. The average Bonchev–Trinajstić information content (AvgIpc) is 2.60. The van der Waals surface area contributed by atoms with Crippen molar-refractivity contribution in [2.24, 2.45) is 5.92 Å². The molecule has 0 unspecified atom stereocenters. The smallest absolute Gasteiger partial charge is 0.220 e. The van der Waals surface area contributed by atoms with Crippen LogP contribution in [0.3, 0.4) is 0 Å². The molecule has 2 rings (SSSR count). The number of carbonyl (C=O) groups excluding carboxylic acids is 1. The standard InChI is InChI=1S/C10H14N2O2/c13-10(4-8-5-11-6-8)12-7-9-2-1-3-14-9/h1-3,8,11H,4-7H2,(H,12,13). The van der Waals surface area contributed by atoms with Gasteiger partial charge in [-0.25, -0.2) is 0 Å². The fourth-order valence-electron chi connectivity index (χ4n) is 1.43. The molecule has 0 saturated carbocycles. The van der Waals surface area contributed by atoms with Gasteiger partial charge in [0.1, 0.15) is 5.76 Å². The highest BCUT2D eigenvalue weighted by Gasteiger charge is 2.19. The Kier molecular flexibility index (Phi) is 2.84. The van der Waals surface area contributed by atoms with Crippen LogP contribution >= 0.6 is 0 Å². The Morgan fingerprint density at radius 1 is 1.64 bits per heavy atom. The molecule has 0 aliphatic carbocycles. The summed E-state index contributed by atoms with van der Waals surface area (Å²) in [6.45, 7) is 2.42. The maximum Gasteiger partial charge on any atom is 0.220 e. The van der Waals surface area contributed by atoms with Crippen LogP contribution in [0.2, 0.25) is 0 Å². The number of amides is 1. The average molecular weight is 194 g/mol. The van der Waals surface area contributed by atoms with E-state index in [2.05, 4.69) is 10.6 Å². The SMILES string of the molecule is O=C(CC1CNC1)NCc1ccco1. The number of furan rings is 1. The van der Waals surface area contributed by atoms with Crippen LogP contribution in [-0.2, 0) is 11.3 Å². The lowest BCUT2D eigenvalue weighted by molar-refractivity contribution is -0.122. The molecule has 4 heteroatoms. The second-order valence-corrected chi connectivity index (χ2v) is 3.58. The molecule has 0 radical (unpaired) electrons. The minimum atomic E-state index is 0.105.